The van der Waals surface area contributed by atoms with Crippen molar-refractivity contribution in [2.45, 2.75) is 25.1 Å². The third-order valence-corrected chi connectivity index (χ3v) is 8.51. The monoisotopic (exact) mass is 632 g/mol. The van der Waals surface area contributed by atoms with Gasteiger partial charge in [-0.2, -0.15) is 5.10 Å². The number of nitrogens with zero attached hydrogens (tertiary/aromatic N) is 4. The summed E-state index contributed by atoms with van der Waals surface area (Å²) in [5, 5.41) is 22.9. The van der Waals surface area contributed by atoms with Crippen LogP contribution in [-0.4, -0.2) is 57.3 Å². The number of rotatable bonds is 8. The second-order valence-electron chi connectivity index (χ2n) is 10.4. The summed E-state index contributed by atoms with van der Waals surface area (Å²) in [5.74, 6) is 0.841. The van der Waals surface area contributed by atoms with Gasteiger partial charge in [0.05, 0.1) is 52.8 Å². The number of fused-ring (bicyclic) bond motifs is 1. The topological polar surface area (TPSA) is 123 Å². The van der Waals surface area contributed by atoms with Gasteiger partial charge < -0.3 is 25.2 Å². The first kappa shape index (κ1) is 30.0. The summed E-state index contributed by atoms with van der Waals surface area (Å²) < 4.78 is 12.2. The molecule has 1 aliphatic rings. The maximum atomic E-state index is 12.9. The Morgan fingerprint density at radius 2 is 1.84 bits per heavy atom. The van der Waals surface area contributed by atoms with E-state index in [1.807, 2.05) is 48.5 Å². The van der Waals surface area contributed by atoms with E-state index in [0.29, 0.717) is 80.3 Å². The number of methoxy groups -OCH3 is 1. The summed E-state index contributed by atoms with van der Waals surface area (Å²) in [5.41, 5.74) is 3.91. The van der Waals surface area contributed by atoms with Gasteiger partial charge in [0.1, 0.15) is 5.82 Å². The molecule has 4 heterocycles. The Morgan fingerprint density at radius 1 is 1.07 bits per heavy atom. The number of nitrogens with one attached hydrogen (secondary N) is 2. The number of aryl methyl sites for hydroxylation is 1. The molecule has 5 aromatic rings. The lowest BCUT2D eigenvalue weighted by Gasteiger charge is -2.28. The average molecular weight is 634 g/mol. The predicted molar refractivity (Wildman–Crippen MR) is 172 cm³/mol. The molecule has 1 aliphatic heterocycles. The quantitative estimate of drug-likeness (QED) is 0.207. The lowest BCUT2D eigenvalue weighted by atomic mass is 10.00. The molecule has 0 unspecified atom stereocenters. The molecule has 1 saturated heterocycles. The first-order valence-electron chi connectivity index (χ1n) is 14.0. The second-order valence-corrected chi connectivity index (χ2v) is 11.2. The molecule has 2 aromatic carbocycles. The number of anilines is 2. The molecule has 12 heteroatoms. The molecule has 0 radical (unpaired) electrons. The highest BCUT2D eigenvalue weighted by atomic mass is 35.5. The van der Waals surface area contributed by atoms with Gasteiger partial charge in [-0.15, -0.1) is 0 Å². The van der Waals surface area contributed by atoms with E-state index in [0.717, 1.165) is 12.0 Å². The Kier molecular flexibility index (Phi) is 8.79. The third kappa shape index (κ3) is 5.87. The van der Waals surface area contributed by atoms with Crippen molar-refractivity contribution in [2.24, 2.45) is 7.05 Å². The van der Waals surface area contributed by atoms with Crippen LogP contribution in [0, 0.1) is 0 Å². The van der Waals surface area contributed by atoms with E-state index in [1.165, 1.54) is 4.68 Å². The normalized spacial score (nSPS) is 16.7. The fraction of sp³-hybridized carbons (Fsp3) is 0.250. The summed E-state index contributed by atoms with van der Waals surface area (Å²) in [6.07, 6.45) is 3.40. The van der Waals surface area contributed by atoms with Crippen molar-refractivity contribution in [3.8, 4) is 28.3 Å². The van der Waals surface area contributed by atoms with Crippen LogP contribution < -0.4 is 20.9 Å². The number of halogens is 2. The highest BCUT2D eigenvalue weighted by Crippen LogP contribution is 2.42. The van der Waals surface area contributed by atoms with Crippen LogP contribution in [0.15, 0.2) is 71.8 Å². The Bertz CT molecular complexity index is 1900. The lowest BCUT2D eigenvalue weighted by Crippen LogP contribution is -2.46. The standard InChI is InChI=1S/C32H30Cl2N6O4/c1-40-32(42)27-18(16-37-40)11-13-35-30(27)38-25-8-4-6-21(29(25)34)20-5-3-7-22(28(20)33)23-10-9-19(31(39-23)43-2)15-36-24-12-14-44-17-26(24)41/h3-11,13,16,24,26,36,41H,12,14-15,17H2,1-2H3,(H,35,38)/t24-,26+/m0/s1. The number of aliphatic hydroxyl groups is 1. The maximum Gasteiger partial charge on any atom is 0.278 e. The molecule has 3 N–H and O–H groups in total. The highest BCUT2D eigenvalue weighted by molar-refractivity contribution is 6.39. The molecule has 2 atom stereocenters. The van der Waals surface area contributed by atoms with Crippen molar-refractivity contribution in [3.63, 3.8) is 0 Å². The molecule has 0 spiro atoms. The minimum absolute atomic E-state index is 0.0620. The molecule has 0 amide bonds. The van der Waals surface area contributed by atoms with E-state index in [2.05, 4.69) is 20.7 Å². The van der Waals surface area contributed by atoms with Crippen molar-refractivity contribution < 1.29 is 14.6 Å². The zero-order chi connectivity index (χ0) is 30.8. The van der Waals surface area contributed by atoms with E-state index in [-0.39, 0.29) is 11.6 Å². The smallest absolute Gasteiger partial charge is 0.278 e. The summed E-state index contributed by atoms with van der Waals surface area (Å²) >= 11 is 14.0. The minimum atomic E-state index is -0.558. The SMILES string of the molecule is COc1nc(-c2cccc(-c3cccc(Nc4nccc5cnn(C)c(=O)c45)c3Cl)c2Cl)ccc1CN[C@H]1CCOC[C@H]1O. The van der Waals surface area contributed by atoms with Crippen LogP contribution in [0.25, 0.3) is 33.2 Å². The van der Waals surface area contributed by atoms with E-state index in [4.69, 9.17) is 37.7 Å². The van der Waals surface area contributed by atoms with Gasteiger partial charge in [0.15, 0.2) is 0 Å². The van der Waals surface area contributed by atoms with Crippen LogP contribution >= 0.6 is 23.2 Å². The Morgan fingerprint density at radius 3 is 2.64 bits per heavy atom. The van der Waals surface area contributed by atoms with Crippen molar-refractivity contribution in [2.75, 3.05) is 25.6 Å². The average Bonchev–Trinajstić information content (AvgIpc) is 3.04. The molecule has 0 bridgehead atoms. The van der Waals surface area contributed by atoms with Crippen LogP contribution in [-0.2, 0) is 18.3 Å². The number of hydrogen-bond acceptors (Lipinski definition) is 9. The number of hydrogen-bond donors (Lipinski definition) is 3. The molecule has 1 fully saturated rings. The number of aliphatic hydroxyl groups excluding tert-OH is 1. The first-order chi connectivity index (χ1) is 21.4. The van der Waals surface area contributed by atoms with E-state index >= 15 is 0 Å². The van der Waals surface area contributed by atoms with Crippen LogP contribution in [0.3, 0.4) is 0 Å². The Balaban J connectivity index is 1.30. The molecular weight excluding hydrogens is 603 g/mol. The van der Waals surface area contributed by atoms with Crippen LogP contribution in [0.1, 0.15) is 12.0 Å². The van der Waals surface area contributed by atoms with Gasteiger partial charge in [0.2, 0.25) is 5.88 Å². The predicted octanol–water partition coefficient (Wildman–Crippen LogP) is 5.36. The van der Waals surface area contributed by atoms with E-state index in [9.17, 15) is 9.90 Å². The summed E-state index contributed by atoms with van der Waals surface area (Å²) in [7, 11) is 3.17. The molecule has 3 aromatic heterocycles. The fourth-order valence-corrected chi connectivity index (χ4v) is 5.90. The number of benzene rings is 2. The lowest BCUT2D eigenvalue weighted by molar-refractivity contribution is -0.0281. The molecule has 226 valence electrons. The van der Waals surface area contributed by atoms with Crippen molar-refractivity contribution >= 4 is 45.5 Å². The van der Waals surface area contributed by atoms with Gasteiger partial charge >= 0.3 is 0 Å². The minimum Gasteiger partial charge on any atom is -0.481 e. The zero-order valence-electron chi connectivity index (χ0n) is 24.1. The third-order valence-electron chi connectivity index (χ3n) is 7.69. The number of aromatic nitrogens is 4. The van der Waals surface area contributed by atoms with Gasteiger partial charge in [-0.1, -0.05) is 59.6 Å². The second kappa shape index (κ2) is 12.9. The van der Waals surface area contributed by atoms with E-state index in [1.54, 1.807) is 32.6 Å². The molecule has 0 saturated carbocycles. The summed E-state index contributed by atoms with van der Waals surface area (Å²) in [6.45, 7) is 1.41. The molecule has 6 rings (SSSR count). The van der Waals surface area contributed by atoms with Gasteiger partial charge in [0.25, 0.3) is 5.56 Å². The zero-order valence-corrected chi connectivity index (χ0v) is 25.6. The Hall–Kier alpha value is -4.06. The molecular formula is C32H30Cl2N6O4. The Labute approximate surface area is 263 Å². The molecule has 10 nitrogen and oxygen atoms in total. The van der Waals surface area contributed by atoms with Crippen molar-refractivity contribution in [3.05, 3.63) is 93.0 Å². The van der Waals surface area contributed by atoms with Crippen molar-refractivity contribution in [1.82, 2.24) is 25.1 Å². The number of ether oxygens (including phenoxy) is 2. The van der Waals surface area contributed by atoms with Crippen LogP contribution in [0.5, 0.6) is 5.88 Å². The largest absolute Gasteiger partial charge is 0.481 e. The molecule has 44 heavy (non-hydrogen) atoms. The molecule has 0 aliphatic carbocycles. The van der Waals surface area contributed by atoms with Gasteiger partial charge in [-0.05, 0) is 24.6 Å². The van der Waals surface area contributed by atoms with Gasteiger partial charge in [0, 0.05) is 60.1 Å². The van der Waals surface area contributed by atoms with E-state index < -0.39 is 6.10 Å². The number of pyridine rings is 2. The van der Waals surface area contributed by atoms with Crippen molar-refractivity contribution in [1.29, 1.82) is 0 Å². The summed E-state index contributed by atoms with van der Waals surface area (Å²) in [6, 6.07) is 16.7. The van der Waals surface area contributed by atoms with Crippen LogP contribution in [0.4, 0.5) is 11.5 Å². The highest BCUT2D eigenvalue weighted by Gasteiger charge is 2.24. The first-order valence-corrected chi connectivity index (χ1v) is 14.8. The summed E-state index contributed by atoms with van der Waals surface area (Å²) in [4.78, 5) is 22.0. The van der Waals surface area contributed by atoms with Crippen LogP contribution in [0.2, 0.25) is 10.0 Å². The van der Waals surface area contributed by atoms with Gasteiger partial charge in [-0.25, -0.2) is 14.6 Å². The fourth-order valence-electron chi connectivity index (χ4n) is 5.30. The maximum absolute atomic E-state index is 12.9. The van der Waals surface area contributed by atoms with Gasteiger partial charge in [-0.3, -0.25) is 4.79 Å².